The smallest absolute Gasteiger partial charge is 0.217 e. The van der Waals surface area contributed by atoms with Crippen LogP contribution in [-0.4, -0.2) is 34.4 Å². The molecule has 2 unspecified atom stereocenters. The largest absolute Gasteiger partial charge is 0.390 e. The van der Waals surface area contributed by atoms with Gasteiger partial charge in [-0.15, -0.1) is 0 Å². The number of nitrogens with one attached hydrogen (secondary N) is 1. The van der Waals surface area contributed by atoms with E-state index in [1.807, 2.05) is 0 Å². The number of amides is 1. The van der Waals surface area contributed by atoms with E-state index in [2.05, 4.69) is 25.7 Å². The van der Waals surface area contributed by atoms with E-state index >= 15 is 0 Å². The second-order valence-electron chi connectivity index (χ2n) is 10.2. The predicted molar refractivity (Wildman–Crippen MR) is 101 cm³/mol. The Kier molecular flexibility index (Phi) is 4.31. The van der Waals surface area contributed by atoms with Crippen molar-refractivity contribution in [1.29, 1.82) is 0 Å². The van der Waals surface area contributed by atoms with Crippen LogP contribution in [0.15, 0.2) is 12.2 Å². The standard InChI is InChI=1S/C22H35NO3/c1-12-5-6-15-18-16(8-10-21(12,15)3)22(4)9-7-14(23-13(2)24)11-17(22)19(25)20(18)26/h14-20,25-26H,1,5-11H2,2-4H3,(H,23,24)/t14-,15-,16-,17+,18?,19+,20?,21+,22+/m0/s1. The Balaban J connectivity index is 1.64. The highest BCUT2D eigenvalue weighted by Crippen LogP contribution is 2.67. The van der Waals surface area contributed by atoms with Crippen LogP contribution in [0.1, 0.15) is 65.7 Å². The summed E-state index contributed by atoms with van der Waals surface area (Å²) in [5, 5.41) is 25.3. The van der Waals surface area contributed by atoms with Crippen LogP contribution in [0.2, 0.25) is 0 Å². The summed E-state index contributed by atoms with van der Waals surface area (Å²) in [5.41, 5.74) is 1.55. The van der Waals surface area contributed by atoms with Gasteiger partial charge in [-0.2, -0.15) is 0 Å². The van der Waals surface area contributed by atoms with E-state index in [0.717, 1.165) is 44.9 Å². The molecule has 0 bridgehead atoms. The Labute approximate surface area is 157 Å². The SMILES string of the molecule is C=C1CC[C@H]2C3C(O)[C@H](O)[C@H]4C[C@@H](NC(C)=O)CC[C@]4(C)[C@H]3CC[C@]12C. The average molecular weight is 362 g/mol. The normalized spacial score (nSPS) is 53.4. The Morgan fingerprint density at radius 1 is 1.08 bits per heavy atom. The summed E-state index contributed by atoms with van der Waals surface area (Å²) in [4.78, 5) is 11.5. The molecule has 3 N–H and O–H groups in total. The van der Waals surface area contributed by atoms with E-state index in [9.17, 15) is 15.0 Å². The highest BCUT2D eigenvalue weighted by atomic mass is 16.3. The van der Waals surface area contributed by atoms with E-state index in [1.54, 1.807) is 6.92 Å². The van der Waals surface area contributed by atoms with Gasteiger partial charge in [0.25, 0.3) is 0 Å². The molecule has 4 fully saturated rings. The molecular formula is C22H35NO3. The first-order valence-electron chi connectivity index (χ1n) is 10.5. The van der Waals surface area contributed by atoms with Crippen molar-refractivity contribution in [3.63, 3.8) is 0 Å². The van der Waals surface area contributed by atoms with Gasteiger partial charge >= 0.3 is 0 Å². The highest BCUT2D eigenvalue weighted by Gasteiger charge is 2.63. The number of carbonyl (C=O) groups excluding carboxylic acids is 1. The molecule has 0 aliphatic heterocycles. The Hall–Kier alpha value is -0.870. The molecule has 4 aliphatic carbocycles. The van der Waals surface area contributed by atoms with Crippen LogP contribution in [0.5, 0.6) is 0 Å². The molecule has 1 amide bonds. The molecule has 4 aliphatic rings. The molecule has 4 nitrogen and oxygen atoms in total. The third-order valence-electron chi connectivity index (χ3n) is 9.12. The zero-order valence-corrected chi connectivity index (χ0v) is 16.5. The molecule has 0 aromatic heterocycles. The van der Waals surface area contributed by atoms with Gasteiger partial charge in [-0.05, 0) is 79.4 Å². The summed E-state index contributed by atoms with van der Waals surface area (Å²) in [5.74, 6) is 1.16. The first kappa shape index (κ1) is 18.5. The van der Waals surface area contributed by atoms with E-state index in [1.165, 1.54) is 5.57 Å². The lowest BCUT2D eigenvalue weighted by molar-refractivity contribution is -0.211. The van der Waals surface area contributed by atoms with Crippen molar-refractivity contribution in [3.8, 4) is 0 Å². The van der Waals surface area contributed by atoms with E-state index in [0.29, 0.717) is 11.8 Å². The molecular weight excluding hydrogens is 326 g/mol. The maximum absolute atomic E-state index is 11.5. The number of hydrogen-bond acceptors (Lipinski definition) is 3. The first-order chi connectivity index (χ1) is 12.2. The Morgan fingerprint density at radius 2 is 1.81 bits per heavy atom. The van der Waals surface area contributed by atoms with Crippen molar-refractivity contribution < 1.29 is 15.0 Å². The maximum atomic E-state index is 11.5. The molecule has 0 spiro atoms. The van der Waals surface area contributed by atoms with Gasteiger partial charge in [-0.25, -0.2) is 0 Å². The lowest BCUT2D eigenvalue weighted by Gasteiger charge is -2.63. The van der Waals surface area contributed by atoms with Gasteiger partial charge in [-0.1, -0.05) is 26.0 Å². The van der Waals surface area contributed by atoms with Gasteiger partial charge in [0.15, 0.2) is 0 Å². The van der Waals surface area contributed by atoms with Gasteiger partial charge in [0, 0.05) is 13.0 Å². The summed E-state index contributed by atoms with van der Waals surface area (Å²) >= 11 is 0. The number of fused-ring (bicyclic) bond motifs is 5. The fourth-order valence-electron chi connectivity index (χ4n) is 7.59. The van der Waals surface area contributed by atoms with Crippen molar-refractivity contribution >= 4 is 5.91 Å². The van der Waals surface area contributed by atoms with Gasteiger partial charge in [-0.3, -0.25) is 4.79 Å². The zero-order chi connectivity index (χ0) is 18.9. The van der Waals surface area contributed by atoms with E-state index in [4.69, 9.17) is 0 Å². The Morgan fingerprint density at radius 3 is 2.50 bits per heavy atom. The summed E-state index contributed by atoms with van der Waals surface area (Å²) in [6.07, 6.45) is 5.92. The average Bonchev–Trinajstić information content (AvgIpc) is 2.88. The molecule has 4 saturated carbocycles. The number of aliphatic hydroxyl groups excluding tert-OH is 2. The van der Waals surface area contributed by atoms with Crippen molar-refractivity contribution in [2.24, 2.45) is 34.5 Å². The molecule has 0 saturated heterocycles. The minimum Gasteiger partial charge on any atom is -0.390 e. The summed E-state index contributed by atoms with van der Waals surface area (Å²) in [6.45, 7) is 10.6. The number of rotatable bonds is 1. The lowest BCUT2D eigenvalue weighted by Crippen LogP contribution is -2.64. The zero-order valence-electron chi connectivity index (χ0n) is 16.5. The van der Waals surface area contributed by atoms with Gasteiger partial charge < -0.3 is 15.5 Å². The molecule has 9 atom stereocenters. The van der Waals surface area contributed by atoms with Crippen molar-refractivity contribution in [1.82, 2.24) is 5.32 Å². The van der Waals surface area contributed by atoms with Crippen LogP contribution in [0.3, 0.4) is 0 Å². The van der Waals surface area contributed by atoms with E-state index < -0.39 is 12.2 Å². The summed E-state index contributed by atoms with van der Waals surface area (Å²) in [7, 11) is 0. The van der Waals surface area contributed by atoms with Gasteiger partial charge in [0.1, 0.15) is 0 Å². The number of aliphatic hydroxyl groups is 2. The monoisotopic (exact) mass is 361 g/mol. The van der Waals surface area contributed by atoms with E-state index in [-0.39, 0.29) is 34.6 Å². The third-order valence-corrected chi connectivity index (χ3v) is 9.12. The summed E-state index contributed by atoms with van der Waals surface area (Å²) < 4.78 is 0. The molecule has 4 heteroatoms. The maximum Gasteiger partial charge on any atom is 0.217 e. The second kappa shape index (κ2) is 6.07. The van der Waals surface area contributed by atoms with Crippen LogP contribution in [0.4, 0.5) is 0 Å². The van der Waals surface area contributed by atoms with Crippen LogP contribution < -0.4 is 5.32 Å². The quantitative estimate of drug-likeness (QED) is 0.629. The number of hydrogen-bond donors (Lipinski definition) is 3. The first-order valence-corrected chi connectivity index (χ1v) is 10.5. The molecule has 0 heterocycles. The fourth-order valence-corrected chi connectivity index (χ4v) is 7.59. The highest BCUT2D eigenvalue weighted by molar-refractivity contribution is 5.73. The molecule has 146 valence electrons. The predicted octanol–water partition coefficient (Wildman–Crippen LogP) is 3.03. The number of carbonyl (C=O) groups is 1. The van der Waals surface area contributed by atoms with Crippen molar-refractivity contribution in [3.05, 3.63) is 12.2 Å². The molecule has 26 heavy (non-hydrogen) atoms. The lowest BCUT2D eigenvalue weighted by atomic mass is 9.43. The molecule has 0 aromatic rings. The van der Waals surface area contributed by atoms with Crippen molar-refractivity contribution in [2.75, 3.05) is 0 Å². The van der Waals surface area contributed by atoms with Gasteiger partial charge in [0.2, 0.25) is 5.91 Å². The molecule has 0 aromatic carbocycles. The number of allylic oxidation sites excluding steroid dienone is 1. The fraction of sp³-hybridized carbons (Fsp3) is 0.864. The molecule has 0 radical (unpaired) electrons. The van der Waals surface area contributed by atoms with Crippen LogP contribution in [0, 0.1) is 34.5 Å². The Bertz CT molecular complexity index is 619. The minimum atomic E-state index is -0.686. The van der Waals surface area contributed by atoms with Gasteiger partial charge in [0.05, 0.1) is 12.2 Å². The minimum absolute atomic E-state index is 0.000211. The van der Waals surface area contributed by atoms with Crippen molar-refractivity contribution in [2.45, 2.75) is 84.0 Å². The second-order valence-corrected chi connectivity index (χ2v) is 10.2. The van der Waals surface area contributed by atoms with Crippen LogP contribution >= 0.6 is 0 Å². The van der Waals surface area contributed by atoms with Crippen LogP contribution in [-0.2, 0) is 4.79 Å². The topological polar surface area (TPSA) is 69.6 Å². The van der Waals surface area contributed by atoms with Crippen LogP contribution in [0.25, 0.3) is 0 Å². The molecule has 4 rings (SSSR count). The summed E-state index contributed by atoms with van der Waals surface area (Å²) in [6, 6.07) is 0.129. The third kappa shape index (κ3) is 2.44.